The van der Waals surface area contributed by atoms with Crippen molar-refractivity contribution < 1.29 is 13.2 Å². The van der Waals surface area contributed by atoms with Crippen LogP contribution in [0.1, 0.15) is 37.8 Å². The summed E-state index contributed by atoms with van der Waals surface area (Å²) in [4.78, 5) is 14.7. The molecule has 0 saturated carbocycles. The normalized spacial score (nSPS) is 23.6. The first-order valence-electron chi connectivity index (χ1n) is 9.98. The minimum atomic E-state index is -3.15. The van der Waals surface area contributed by atoms with Gasteiger partial charge in [0.25, 0.3) is 0 Å². The number of piperidine rings is 1. The van der Waals surface area contributed by atoms with Gasteiger partial charge in [0.15, 0.2) is 0 Å². The van der Waals surface area contributed by atoms with Gasteiger partial charge in [-0.2, -0.15) is 4.31 Å². The third kappa shape index (κ3) is 3.73. The van der Waals surface area contributed by atoms with E-state index in [-0.39, 0.29) is 23.9 Å². The van der Waals surface area contributed by atoms with Crippen molar-refractivity contribution in [1.29, 1.82) is 0 Å². The number of nitrogens with one attached hydrogen (secondary N) is 1. The Labute approximate surface area is 166 Å². The molecule has 0 aromatic heterocycles. The molecule has 2 saturated heterocycles. The van der Waals surface area contributed by atoms with Gasteiger partial charge in [0.1, 0.15) is 0 Å². The summed E-state index contributed by atoms with van der Waals surface area (Å²) < 4.78 is 26.1. The lowest BCUT2D eigenvalue weighted by atomic mass is 10.00. The molecule has 0 radical (unpaired) electrons. The maximum Gasteiger partial charge on any atom is 0.317 e. The summed E-state index contributed by atoms with van der Waals surface area (Å²) in [6.45, 7) is 3.70. The van der Waals surface area contributed by atoms with Crippen LogP contribution >= 0.6 is 0 Å². The predicted molar refractivity (Wildman–Crippen MR) is 111 cm³/mol. The molecule has 0 aliphatic carbocycles. The molecule has 6 nitrogen and oxygen atoms in total. The summed E-state index contributed by atoms with van der Waals surface area (Å²) in [6, 6.07) is 13.9. The standard InChI is InChI=1S/C21H27N3O3S/c1-16(19-11-4-8-17-7-2-3-10-20(17)19)22-21(25)23-12-5-9-18(15-23)24-13-6-14-28(24,26)27/h2-4,7-8,10-11,16,18H,5-6,9,12-15H2,1H3,(H,22,25). The van der Waals surface area contributed by atoms with E-state index < -0.39 is 10.0 Å². The van der Waals surface area contributed by atoms with Crippen molar-refractivity contribution in [2.45, 2.75) is 38.3 Å². The van der Waals surface area contributed by atoms with Crippen LogP contribution in [0, 0.1) is 0 Å². The van der Waals surface area contributed by atoms with Crippen LogP contribution in [-0.4, -0.2) is 55.1 Å². The zero-order valence-corrected chi connectivity index (χ0v) is 17.0. The zero-order chi connectivity index (χ0) is 19.7. The van der Waals surface area contributed by atoms with Crippen LogP contribution in [0.5, 0.6) is 0 Å². The van der Waals surface area contributed by atoms with Gasteiger partial charge >= 0.3 is 6.03 Å². The van der Waals surface area contributed by atoms with Crippen LogP contribution in [0.3, 0.4) is 0 Å². The van der Waals surface area contributed by atoms with Crippen molar-refractivity contribution >= 4 is 26.8 Å². The molecule has 150 valence electrons. The molecule has 28 heavy (non-hydrogen) atoms. The lowest BCUT2D eigenvalue weighted by Gasteiger charge is -2.37. The summed E-state index contributed by atoms with van der Waals surface area (Å²) in [5.74, 6) is 0.230. The number of likely N-dealkylation sites (tertiary alicyclic amines) is 1. The van der Waals surface area contributed by atoms with E-state index in [4.69, 9.17) is 0 Å². The molecule has 0 spiro atoms. The molecule has 2 atom stereocenters. The summed E-state index contributed by atoms with van der Waals surface area (Å²) in [6.07, 6.45) is 2.33. The number of amides is 2. The van der Waals surface area contributed by atoms with Crippen LogP contribution in [0.25, 0.3) is 10.8 Å². The lowest BCUT2D eigenvalue weighted by Crippen LogP contribution is -2.52. The number of carbonyl (C=O) groups is 1. The van der Waals surface area contributed by atoms with Crippen LogP contribution in [-0.2, 0) is 10.0 Å². The Bertz CT molecular complexity index is 971. The van der Waals surface area contributed by atoms with Gasteiger partial charge in [0.05, 0.1) is 11.8 Å². The molecule has 2 aromatic carbocycles. The summed E-state index contributed by atoms with van der Waals surface area (Å²) >= 11 is 0. The second-order valence-electron chi connectivity index (χ2n) is 7.76. The van der Waals surface area contributed by atoms with Gasteiger partial charge in [-0.1, -0.05) is 42.5 Å². The number of sulfonamides is 1. The number of nitrogens with zero attached hydrogens (tertiary/aromatic N) is 2. The van der Waals surface area contributed by atoms with Gasteiger partial charge in [-0.25, -0.2) is 13.2 Å². The second-order valence-corrected chi connectivity index (χ2v) is 9.80. The fourth-order valence-electron chi connectivity index (χ4n) is 4.43. The van der Waals surface area contributed by atoms with Gasteiger partial charge in [0.2, 0.25) is 10.0 Å². The molecule has 2 aliphatic heterocycles. The topological polar surface area (TPSA) is 69.7 Å². The van der Waals surface area contributed by atoms with E-state index in [9.17, 15) is 13.2 Å². The number of carbonyl (C=O) groups excluding carboxylic acids is 1. The van der Waals surface area contributed by atoms with E-state index >= 15 is 0 Å². The molecule has 2 aliphatic rings. The van der Waals surface area contributed by atoms with E-state index in [0.29, 0.717) is 26.1 Å². The molecule has 2 amide bonds. The second kappa shape index (κ2) is 7.72. The number of urea groups is 1. The number of rotatable bonds is 3. The summed E-state index contributed by atoms with van der Waals surface area (Å²) in [5.41, 5.74) is 1.09. The Morgan fingerprint density at radius 2 is 1.89 bits per heavy atom. The highest BCUT2D eigenvalue weighted by Gasteiger charge is 2.37. The highest BCUT2D eigenvalue weighted by atomic mass is 32.2. The highest BCUT2D eigenvalue weighted by molar-refractivity contribution is 7.89. The van der Waals surface area contributed by atoms with Crippen molar-refractivity contribution in [3.63, 3.8) is 0 Å². The molecule has 1 N–H and O–H groups in total. The maximum absolute atomic E-state index is 12.9. The fourth-order valence-corrected chi connectivity index (χ4v) is 6.19. The first-order chi connectivity index (χ1) is 13.5. The van der Waals surface area contributed by atoms with Gasteiger partial charge in [-0.05, 0) is 42.5 Å². The summed E-state index contributed by atoms with van der Waals surface area (Å²) in [5, 5.41) is 5.40. The molecule has 2 unspecified atom stereocenters. The minimum Gasteiger partial charge on any atom is -0.331 e. The average Bonchev–Trinajstić information content (AvgIpc) is 3.06. The maximum atomic E-state index is 12.9. The van der Waals surface area contributed by atoms with E-state index in [1.165, 1.54) is 0 Å². The Morgan fingerprint density at radius 3 is 2.68 bits per heavy atom. The number of fused-ring (bicyclic) bond motifs is 1. The van der Waals surface area contributed by atoms with Crippen molar-refractivity contribution in [2.24, 2.45) is 0 Å². The molecule has 0 bridgehead atoms. The van der Waals surface area contributed by atoms with E-state index in [1.54, 1.807) is 9.21 Å². The fraction of sp³-hybridized carbons (Fsp3) is 0.476. The minimum absolute atomic E-state index is 0.0974. The molecular weight excluding hydrogens is 374 g/mol. The Balaban J connectivity index is 1.45. The third-order valence-electron chi connectivity index (χ3n) is 5.86. The number of hydrogen-bond acceptors (Lipinski definition) is 3. The van der Waals surface area contributed by atoms with Gasteiger partial charge in [-0.3, -0.25) is 0 Å². The largest absolute Gasteiger partial charge is 0.331 e. The number of hydrogen-bond donors (Lipinski definition) is 1. The van der Waals surface area contributed by atoms with Crippen LogP contribution in [0.15, 0.2) is 42.5 Å². The summed E-state index contributed by atoms with van der Waals surface area (Å²) in [7, 11) is -3.15. The van der Waals surface area contributed by atoms with Crippen molar-refractivity contribution in [3.8, 4) is 0 Å². The lowest BCUT2D eigenvalue weighted by molar-refractivity contribution is 0.151. The molecule has 7 heteroatoms. The predicted octanol–water partition coefficient (Wildman–Crippen LogP) is 3.11. The first kappa shape index (κ1) is 19.2. The number of benzene rings is 2. The molecule has 2 heterocycles. The van der Waals surface area contributed by atoms with Gasteiger partial charge in [-0.15, -0.1) is 0 Å². The quantitative estimate of drug-likeness (QED) is 0.859. The third-order valence-corrected chi connectivity index (χ3v) is 7.86. The molecule has 2 fully saturated rings. The average molecular weight is 402 g/mol. The van der Waals surface area contributed by atoms with Crippen LogP contribution in [0.4, 0.5) is 4.79 Å². The Hall–Kier alpha value is -2.12. The van der Waals surface area contributed by atoms with Gasteiger partial charge < -0.3 is 10.2 Å². The molecule has 4 rings (SSSR count). The van der Waals surface area contributed by atoms with E-state index in [1.807, 2.05) is 31.2 Å². The zero-order valence-electron chi connectivity index (χ0n) is 16.2. The Morgan fingerprint density at radius 1 is 1.11 bits per heavy atom. The SMILES string of the molecule is CC(NC(=O)N1CCCC(N2CCCS2(=O)=O)C1)c1cccc2ccccc12. The molecule has 2 aromatic rings. The van der Waals surface area contributed by atoms with Crippen molar-refractivity contribution in [2.75, 3.05) is 25.4 Å². The first-order valence-corrected chi connectivity index (χ1v) is 11.6. The van der Waals surface area contributed by atoms with Crippen molar-refractivity contribution in [3.05, 3.63) is 48.0 Å². The van der Waals surface area contributed by atoms with Gasteiger partial charge in [0, 0.05) is 25.7 Å². The van der Waals surface area contributed by atoms with E-state index in [0.717, 1.165) is 29.2 Å². The van der Waals surface area contributed by atoms with E-state index in [2.05, 4.69) is 23.5 Å². The highest BCUT2D eigenvalue weighted by Crippen LogP contribution is 2.26. The monoisotopic (exact) mass is 401 g/mol. The van der Waals surface area contributed by atoms with Crippen LogP contribution < -0.4 is 5.32 Å². The van der Waals surface area contributed by atoms with Crippen molar-refractivity contribution in [1.82, 2.24) is 14.5 Å². The van der Waals surface area contributed by atoms with Crippen LogP contribution in [0.2, 0.25) is 0 Å². The molecular formula is C21H27N3O3S. The Kier molecular flexibility index (Phi) is 5.29. The smallest absolute Gasteiger partial charge is 0.317 e.